The van der Waals surface area contributed by atoms with E-state index in [0.29, 0.717) is 29.5 Å². The highest BCUT2D eigenvalue weighted by Gasteiger charge is 2.69. The second-order valence-electron chi connectivity index (χ2n) is 13.8. The van der Waals surface area contributed by atoms with Gasteiger partial charge in [0.25, 0.3) is 5.91 Å². The van der Waals surface area contributed by atoms with Gasteiger partial charge in [-0.15, -0.1) is 11.8 Å². The van der Waals surface area contributed by atoms with Crippen molar-refractivity contribution in [2.24, 2.45) is 29.6 Å². The molecular weight excluding hydrogens is 683 g/mol. The van der Waals surface area contributed by atoms with Crippen LogP contribution in [0.4, 0.5) is 11.4 Å². The molecule has 3 heterocycles. The number of imide groups is 1. The van der Waals surface area contributed by atoms with Gasteiger partial charge < -0.3 is 19.8 Å². The molecule has 4 aromatic carbocycles. The minimum Gasteiger partial charge on any atom is -0.490 e. The molecule has 4 aliphatic rings. The fraction of sp³-hybridized carbons (Fsp3) is 0.300. The Hall–Kier alpha value is -4.87. The number of hydrogen-bond donors (Lipinski definition) is 2. The van der Waals surface area contributed by atoms with Gasteiger partial charge in [0.15, 0.2) is 18.1 Å². The van der Waals surface area contributed by atoms with Gasteiger partial charge in [-0.05, 0) is 79.3 Å². The number of carbonyl (C=O) groups is 3. The van der Waals surface area contributed by atoms with Crippen molar-refractivity contribution in [2.75, 3.05) is 23.4 Å². The number of thioether (sulfide) groups is 1. The number of hydrogen-bond acceptors (Lipinski definition) is 8. The van der Waals surface area contributed by atoms with Crippen LogP contribution in [0.3, 0.4) is 0 Å². The maximum absolute atomic E-state index is 14.1. The number of fused-ring (bicyclic) bond motifs is 10. The fourth-order valence-corrected chi connectivity index (χ4v) is 12.0. The first kappa shape index (κ1) is 32.1. The summed E-state index contributed by atoms with van der Waals surface area (Å²) in [6.07, 6.45) is 0.803. The van der Waals surface area contributed by atoms with Crippen molar-refractivity contribution in [3.05, 3.63) is 111 Å². The van der Waals surface area contributed by atoms with Crippen LogP contribution in [0.2, 0.25) is 0 Å². The van der Waals surface area contributed by atoms with Crippen molar-refractivity contribution >= 4 is 63.0 Å². The van der Waals surface area contributed by atoms with Crippen molar-refractivity contribution in [3.63, 3.8) is 0 Å². The lowest BCUT2D eigenvalue weighted by molar-refractivity contribution is -0.123. The quantitative estimate of drug-likeness (QED) is 0.166. The molecule has 2 saturated carbocycles. The third-order valence-corrected chi connectivity index (χ3v) is 13.7. The van der Waals surface area contributed by atoms with Crippen LogP contribution >= 0.6 is 23.1 Å². The van der Waals surface area contributed by atoms with Crippen molar-refractivity contribution in [2.45, 2.75) is 36.5 Å². The number of aromatic amines is 1. The Labute approximate surface area is 302 Å². The Morgan fingerprint density at radius 2 is 1.67 bits per heavy atom. The second kappa shape index (κ2) is 12.4. The molecule has 2 aliphatic carbocycles. The Morgan fingerprint density at radius 3 is 2.47 bits per heavy atom. The van der Waals surface area contributed by atoms with Crippen LogP contribution in [0.5, 0.6) is 11.5 Å². The zero-order valence-corrected chi connectivity index (χ0v) is 29.6. The van der Waals surface area contributed by atoms with Gasteiger partial charge in [-0.1, -0.05) is 71.5 Å². The number of carbonyl (C=O) groups excluding carboxylic acids is 3. The SMILES string of the molecule is CCOc1cc([C@H]2c3sc(=O)[nH]c3SC3C4CC(C5C(=O)N(c6ccc(C)cc6)C(=O)C45)C32)ccc1OCC(=O)Nc1cccc2ccccc12. The smallest absolute Gasteiger partial charge is 0.305 e. The van der Waals surface area contributed by atoms with Crippen LogP contribution in [0.15, 0.2) is 94.7 Å². The molecule has 1 saturated heterocycles. The average Bonchev–Trinajstić information content (AvgIpc) is 3.87. The summed E-state index contributed by atoms with van der Waals surface area (Å²) in [5.41, 5.74) is 3.36. The summed E-state index contributed by atoms with van der Waals surface area (Å²) in [7, 11) is 0. The number of aromatic nitrogens is 1. The third kappa shape index (κ3) is 5.19. The van der Waals surface area contributed by atoms with Gasteiger partial charge in [0.05, 0.1) is 29.2 Å². The molecule has 0 radical (unpaired) electrons. The molecule has 1 aromatic heterocycles. The van der Waals surface area contributed by atoms with E-state index in [-0.39, 0.29) is 70.0 Å². The highest BCUT2D eigenvalue weighted by Crippen LogP contribution is 2.68. The van der Waals surface area contributed by atoms with Gasteiger partial charge in [-0.25, -0.2) is 0 Å². The molecule has 3 amide bonds. The highest BCUT2D eigenvalue weighted by molar-refractivity contribution is 8.00. The van der Waals surface area contributed by atoms with E-state index in [1.807, 2.05) is 98.8 Å². The van der Waals surface area contributed by atoms with Gasteiger partial charge in [-0.2, -0.15) is 0 Å². The molecule has 258 valence electrons. The van der Waals surface area contributed by atoms with Crippen LogP contribution in [0, 0.1) is 36.5 Å². The fourth-order valence-electron chi connectivity index (χ4n) is 9.11. The van der Waals surface area contributed by atoms with Crippen molar-refractivity contribution in [1.82, 2.24) is 4.98 Å². The minimum atomic E-state index is -0.389. The molecule has 3 fully saturated rings. The summed E-state index contributed by atoms with van der Waals surface area (Å²) in [5.74, 6) is -0.434. The Balaban J connectivity index is 1.01. The first-order valence-electron chi connectivity index (χ1n) is 17.3. The van der Waals surface area contributed by atoms with Gasteiger partial charge >= 0.3 is 4.87 Å². The summed E-state index contributed by atoms with van der Waals surface area (Å²) < 4.78 is 12.1. The van der Waals surface area contributed by atoms with Crippen molar-refractivity contribution in [1.29, 1.82) is 0 Å². The summed E-state index contributed by atoms with van der Waals surface area (Å²) in [5, 5.41) is 5.86. The monoisotopic (exact) mass is 717 g/mol. The molecule has 6 unspecified atom stereocenters. The van der Waals surface area contributed by atoms with Crippen LogP contribution in [-0.4, -0.2) is 41.2 Å². The molecule has 5 aromatic rings. The molecular formula is C40H35N3O6S2. The molecule has 2 aliphatic heterocycles. The van der Waals surface area contributed by atoms with Gasteiger partial charge in [-0.3, -0.25) is 24.1 Å². The second-order valence-corrected chi connectivity index (χ2v) is 16.0. The van der Waals surface area contributed by atoms with Crippen LogP contribution in [0.25, 0.3) is 10.8 Å². The predicted octanol–water partition coefficient (Wildman–Crippen LogP) is 6.99. The highest BCUT2D eigenvalue weighted by atomic mass is 32.2. The van der Waals surface area contributed by atoms with Gasteiger partial charge in [0.1, 0.15) is 0 Å². The van der Waals surface area contributed by atoms with E-state index in [0.717, 1.165) is 38.2 Å². The first-order chi connectivity index (χ1) is 24.8. The molecule has 2 N–H and O–H groups in total. The van der Waals surface area contributed by atoms with E-state index in [1.54, 1.807) is 11.8 Å². The van der Waals surface area contributed by atoms with Crippen molar-refractivity contribution < 1.29 is 23.9 Å². The lowest BCUT2D eigenvalue weighted by atomic mass is 9.68. The lowest BCUT2D eigenvalue weighted by Crippen LogP contribution is -2.42. The van der Waals surface area contributed by atoms with E-state index >= 15 is 0 Å². The number of nitrogens with one attached hydrogen (secondary N) is 2. The largest absolute Gasteiger partial charge is 0.490 e. The maximum atomic E-state index is 14.1. The minimum absolute atomic E-state index is 0.0102. The Bertz CT molecular complexity index is 2280. The topological polar surface area (TPSA) is 118 Å². The number of nitrogens with zero attached hydrogens (tertiary/aromatic N) is 1. The third-order valence-electron chi connectivity index (χ3n) is 11.1. The molecule has 0 spiro atoms. The number of aryl methyl sites for hydroxylation is 1. The van der Waals surface area contributed by atoms with Crippen LogP contribution in [-0.2, 0) is 14.4 Å². The van der Waals surface area contributed by atoms with Gasteiger partial charge in [0, 0.05) is 27.1 Å². The summed E-state index contributed by atoms with van der Waals surface area (Å²) >= 11 is 2.88. The van der Waals surface area contributed by atoms with Gasteiger partial charge in [0.2, 0.25) is 11.8 Å². The van der Waals surface area contributed by atoms with E-state index in [1.165, 1.54) is 16.2 Å². The zero-order chi connectivity index (χ0) is 35.0. The van der Waals surface area contributed by atoms with E-state index in [2.05, 4.69) is 10.3 Å². The van der Waals surface area contributed by atoms with Crippen molar-refractivity contribution in [3.8, 4) is 11.5 Å². The van der Waals surface area contributed by atoms with Crippen LogP contribution < -0.4 is 24.6 Å². The zero-order valence-electron chi connectivity index (χ0n) is 28.0. The molecule has 11 heteroatoms. The molecule has 51 heavy (non-hydrogen) atoms. The number of anilines is 2. The molecule has 9 rings (SSSR count). The van der Waals surface area contributed by atoms with Crippen LogP contribution in [0.1, 0.15) is 35.3 Å². The summed E-state index contributed by atoms with van der Waals surface area (Å²) in [4.78, 5) is 59.2. The Kier molecular flexibility index (Phi) is 7.81. The van der Waals surface area contributed by atoms with E-state index in [4.69, 9.17) is 9.47 Å². The normalized spacial score (nSPS) is 25.8. The van der Waals surface area contributed by atoms with E-state index < -0.39 is 0 Å². The number of benzene rings is 4. The molecule has 9 nitrogen and oxygen atoms in total. The summed E-state index contributed by atoms with van der Waals surface area (Å²) in [6.45, 7) is 4.05. The average molecular weight is 718 g/mol. The number of amides is 3. The first-order valence-corrected chi connectivity index (χ1v) is 19.0. The lowest BCUT2D eigenvalue weighted by Gasteiger charge is -2.43. The Morgan fingerprint density at radius 1 is 0.902 bits per heavy atom. The molecule has 2 bridgehead atoms. The summed E-state index contributed by atoms with van der Waals surface area (Å²) in [6, 6.07) is 27.0. The number of H-pyrrole nitrogens is 1. The molecule has 7 atom stereocenters. The predicted molar refractivity (Wildman–Crippen MR) is 198 cm³/mol. The van der Waals surface area contributed by atoms with E-state index in [9.17, 15) is 19.2 Å². The number of rotatable bonds is 8. The number of ether oxygens (including phenoxy) is 2. The standard InChI is InChI=1S/C40H35N3O6S2/c1-3-48-29-17-22(13-16-28(29)49-19-30(44)41-27-10-6-8-21-7-4-5-9-24(21)27)31-32-25-18-26(35(32)50-37-36(31)51-40(47)42-37)34-33(25)38(45)43(39(34)46)23-14-11-20(2)12-15-23/h4-17,25-26,31-35H,3,18-19H2,1-2H3,(H,41,44)(H,42,47)/t25?,26?,31-,32?,33?,34?,35?/m1/s1. The maximum Gasteiger partial charge on any atom is 0.305 e. The number of thiazole rings is 1.